The fraction of sp³-hybridized carbons (Fsp3) is 0.600. The Hall–Kier alpha value is -1.55. The van der Waals surface area contributed by atoms with Gasteiger partial charge < -0.3 is 25.4 Å². The molecule has 0 radical (unpaired) electrons. The van der Waals surface area contributed by atoms with Crippen molar-refractivity contribution in [1.29, 1.82) is 0 Å². The van der Waals surface area contributed by atoms with E-state index in [1.165, 1.54) is 11.1 Å². The minimum Gasteiger partial charge on any atom is -0.444 e. The number of guanidine groups is 1. The highest BCUT2D eigenvalue weighted by molar-refractivity contribution is 14.0. The quantitative estimate of drug-likeness (QED) is 0.207. The number of alkyl carbamates (subject to hydrolysis) is 1. The first-order chi connectivity index (χ1) is 12.9. The third-order valence-corrected chi connectivity index (χ3v) is 3.48. The SMILES string of the molecule is CCCOCc1ccccc1CNC(=NC)NCCNC(=O)OC(C)(C)C.I. The number of aliphatic imine (C=N–C) groups is 1. The van der Waals surface area contributed by atoms with Crippen molar-refractivity contribution in [3.05, 3.63) is 35.4 Å². The van der Waals surface area contributed by atoms with E-state index in [0.29, 0.717) is 32.2 Å². The molecular formula is C20H35IN4O3. The molecule has 0 saturated heterocycles. The first-order valence-corrected chi connectivity index (χ1v) is 9.41. The number of nitrogens with zero attached hydrogens (tertiary/aromatic N) is 1. The van der Waals surface area contributed by atoms with Crippen LogP contribution in [-0.4, -0.2) is 44.4 Å². The van der Waals surface area contributed by atoms with Gasteiger partial charge in [0.15, 0.2) is 5.96 Å². The van der Waals surface area contributed by atoms with Gasteiger partial charge in [-0.25, -0.2) is 4.79 Å². The molecule has 0 aliphatic rings. The third-order valence-electron chi connectivity index (χ3n) is 3.48. The van der Waals surface area contributed by atoms with Crippen LogP contribution in [0.2, 0.25) is 0 Å². The molecule has 0 fully saturated rings. The second-order valence-electron chi connectivity index (χ2n) is 7.10. The maximum atomic E-state index is 11.6. The molecule has 0 spiro atoms. The monoisotopic (exact) mass is 506 g/mol. The Bertz CT molecular complexity index is 603. The molecule has 28 heavy (non-hydrogen) atoms. The topological polar surface area (TPSA) is 84.0 Å². The van der Waals surface area contributed by atoms with Gasteiger partial charge in [0.25, 0.3) is 0 Å². The van der Waals surface area contributed by atoms with Crippen LogP contribution in [0.5, 0.6) is 0 Å². The normalized spacial score (nSPS) is 11.4. The second-order valence-corrected chi connectivity index (χ2v) is 7.10. The van der Waals surface area contributed by atoms with Crippen molar-refractivity contribution < 1.29 is 14.3 Å². The molecule has 1 aromatic carbocycles. The molecule has 0 saturated carbocycles. The first kappa shape index (κ1) is 26.4. The van der Waals surface area contributed by atoms with E-state index in [1.807, 2.05) is 32.9 Å². The maximum Gasteiger partial charge on any atom is 0.407 e. The summed E-state index contributed by atoms with van der Waals surface area (Å²) < 4.78 is 10.8. The molecule has 160 valence electrons. The summed E-state index contributed by atoms with van der Waals surface area (Å²) >= 11 is 0. The number of nitrogens with one attached hydrogen (secondary N) is 3. The van der Waals surface area contributed by atoms with Gasteiger partial charge in [0, 0.05) is 33.3 Å². The summed E-state index contributed by atoms with van der Waals surface area (Å²) in [6.07, 6.45) is 0.585. The molecule has 1 amide bonds. The van der Waals surface area contributed by atoms with Crippen molar-refractivity contribution in [2.45, 2.75) is 52.9 Å². The Morgan fingerprint density at radius 3 is 2.32 bits per heavy atom. The van der Waals surface area contributed by atoms with Crippen molar-refractivity contribution in [1.82, 2.24) is 16.0 Å². The average molecular weight is 506 g/mol. The van der Waals surface area contributed by atoms with Crippen LogP contribution in [-0.2, 0) is 22.6 Å². The van der Waals surface area contributed by atoms with Crippen LogP contribution >= 0.6 is 24.0 Å². The molecule has 0 atom stereocenters. The summed E-state index contributed by atoms with van der Waals surface area (Å²) in [6, 6.07) is 8.19. The predicted octanol–water partition coefficient (Wildman–Crippen LogP) is 3.42. The Balaban J connectivity index is 0.00000729. The molecule has 0 bridgehead atoms. The molecule has 0 aliphatic heterocycles. The Morgan fingerprint density at radius 2 is 1.71 bits per heavy atom. The number of rotatable bonds is 9. The Labute approximate surface area is 186 Å². The smallest absolute Gasteiger partial charge is 0.407 e. The lowest BCUT2D eigenvalue weighted by Gasteiger charge is -2.20. The number of carbonyl (C=O) groups is 1. The lowest BCUT2D eigenvalue weighted by Crippen LogP contribution is -2.42. The number of hydrogen-bond donors (Lipinski definition) is 3. The van der Waals surface area contributed by atoms with Crippen LogP contribution in [0.1, 0.15) is 45.2 Å². The van der Waals surface area contributed by atoms with E-state index in [0.717, 1.165) is 13.0 Å². The zero-order valence-corrected chi connectivity index (χ0v) is 20.0. The summed E-state index contributed by atoms with van der Waals surface area (Å²) in [7, 11) is 1.72. The highest BCUT2D eigenvalue weighted by Gasteiger charge is 2.15. The van der Waals surface area contributed by atoms with Crippen molar-refractivity contribution in [2.75, 3.05) is 26.7 Å². The zero-order chi connectivity index (χ0) is 20.1. The molecule has 1 rings (SSSR count). The molecule has 1 aromatic rings. The van der Waals surface area contributed by atoms with Crippen molar-refractivity contribution in [3.63, 3.8) is 0 Å². The fourth-order valence-electron chi connectivity index (χ4n) is 2.26. The van der Waals surface area contributed by atoms with Gasteiger partial charge in [-0.1, -0.05) is 31.2 Å². The number of benzene rings is 1. The van der Waals surface area contributed by atoms with Gasteiger partial charge >= 0.3 is 6.09 Å². The van der Waals surface area contributed by atoms with Gasteiger partial charge in [-0.3, -0.25) is 4.99 Å². The van der Waals surface area contributed by atoms with Gasteiger partial charge in [-0.2, -0.15) is 0 Å². The number of halogens is 1. The van der Waals surface area contributed by atoms with Crippen molar-refractivity contribution in [3.8, 4) is 0 Å². The number of hydrogen-bond acceptors (Lipinski definition) is 4. The molecular weight excluding hydrogens is 471 g/mol. The van der Waals surface area contributed by atoms with Crippen molar-refractivity contribution >= 4 is 36.0 Å². The average Bonchev–Trinajstić information content (AvgIpc) is 2.61. The molecule has 8 heteroatoms. The van der Waals surface area contributed by atoms with Gasteiger partial charge in [-0.05, 0) is 38.3 Å². The minimum absolute atomic E-state index is 0. The molecule has 0 aliphatic carbocycles. The standard InChI is InChI=1S/C20H34N4O3.HI/c1-6-13-26-15-17-10-8-7-9-16(17)14-24-18(21-5)22-11-12-23-19(25)27-20(2,3)4;/h7-10H,6,11-15H2,1-5H3,(H,23,25)(H2,21,22,24);1H. The van der Waals surface area contributed by atoms with E-state index in [4.69, 9.17) is 9.47 Å². The van der Waals surface area contributed by atoms with E-state index in [-0.39, 0.29) is 24.0 Å². The molecule has 0 unspecified atom stereocenters. The number of carbonyl (C=O) groups excluding carboxylic acids is 1. The van der Waals surface area contributed by atoms with E-state index < -0.39 is 11.7 Å². The second kappa shape index (κ2) is 14.4. The summed E-state index contributed by atoms with van der Waals surface area (Å²) in [5, 5.41) is 9.16. The van der Waals surface area contributed by atoms with E-state index in [1.54, 1.807) is 7.05 Å². The lowest BCUT2D eigenvalue weighted by atomic mass is 10.1. The van der Waals surface area contributed by atoms with Gasteiger partial charge in [0.1, 0.15) is 5.60 Å². The van der Waals surface area contributed by atoms with Crippen LogP contribution < -0.4 is 16.0 Å². The first-order valence-electron chi connectivity index (χ1n) is 9.41. The summed E-state index contributed by atoms with van der Waals surface area (Å²) in [5.74, 6) is 0.672. The van der Waals surface area contributed by atoms with Gasteiger partial charge in [-0.15, -0.1) is 24.0 Å². The number of amides is 1. The van der Waals surface area contributed by atoms with Crippen LogP contribution in [0.15, 0.2) is 29.3 Å². The maximum absolute atomic E-state index is 11.6. The summed E-state index contributed by atoms with van der Waals surface area (Å²) in [4.78, 5) is 15.8. The predicted molar refractivity (Wildman–Crippen MR) is 124 cm³/mol. The van der Waals surface area contributed by atoms with Gasteiger partial charge in [0.2, 0.25) is 0 Å². The summed E-state index contributed by atoms with van der Waals surface area (Å²) in [6.45, 7) is 10.6. The highest BCUT2D eigenvalue weighted by atomic mass is 127. The van der Waals surface area contributed by atoms with Crippen molar-refractivity contribution in [2.24, 2.45) is 4.99 Å². The largest absolute Gasteiger partial charge is 0.444 e. The van der Waals surface area contributed by atoms with Gasteiger partial charge in [0.05, 0.1) is 6.61 Å². The van der Waals surface area contributed by atoms with Crippen LogP contribution in [0.3, 0.4) is 0 Å². The zero-order valence-electron chi connectivity index (χ0n) is 17.6. The highest BCUT2D eigenvalue weighted by Crippen LogP contribution is 2.10. The molecule has 7 nitrogen and oxygen atoms in total. The van der Waals surface area contributed by atoms with Crippen LogP contribution in [0, 0.1) is 0 Å². The van der Waals surface area contributed by atoms with Crippen LogP contribution in [0.25, 0.3) is 0 Å². The fourth-order valence-corrected chi connectivity index (χ4v) is 2.26. The molecule has 0 heterocycles. The minimum atomic E-state index is -0.497. The van der Waals surface area contributed by atoms with E-state index in [9.17, 15) is 4.79 Å². The van der Waals surface area contributed by atoms with E-state index in [2.05, 4.69) is 40.0 Å². The Kier molecular flexibility index (Phi) is 13.6. The summed E-state index contributed by atoms with van der Waals surface area (Å²) in [5.41, 5.74) is 1.84. The molecule has 3 N–H and O–H groups in total. The van der Waals surface area contributed by atoms with Crippen LogP contribution in [0.4, 0.5) is 4.79 Å². The Morgan fingerprint density at radius 1 is 1.07 bits per heavy atom. The number of ether oxygens (including phenoxy) is 2. The molecule has 0 aromatic heterocycles. The van der Waals surface area contributed by atoms with E-state index >= 15 is 0 Å². The third kappa shape index (κ3) is 12.0. The lowest BCUT2D eigenvalue weighted by molar-refractivity contribution is 0.0529.